The maximum absolute atomic E-state index is 13.2. The van der Waals surface area contributed by atoms with Crippen LogP contribution in [0.15, 0.2) is 58.7 Å². The summed E-state index contributed by atoms with van der Waals surface area (Å²) in [5.41, 5.74) is 2.03. The first kappa shape index (κ1) is 21.4. The summed E-state index contributed by atoms with van der Waals surface area (Å²) in [5.74, 6) is 0.369. The highest BCUT2D eigenvalue weighted by Gasteiger charge is 2.29. The number of rotatable bonds is 5. The van der Waals surface area contributed by atoms with E-state index in [1.54, 1.807) is 24.3 Å². The van der Waals surface area contributed by atoms with Gasteiger partial charge in [-0.25, -0.2) is 9.55 Å². The molecule has 160 valence electrons. The molecule has 1 N–H and O–H groups in total. The first-order valence-electron chi connectivity index (χ1n) is 9.41. The number of fused-ring (bicyclic) bond motifs is 1. The fourth-order valence-electron chi connectivity index (χ4n) is 3.21. The highest BCUT2D eigenvalue weighted by Crippen LogP contribution is 2.29. The first-order valence-corrected chi connectivity index (χ1v) is 10.7. The van der Waals surface area contributed by atoms with Crippen LogP contribution in [0.3, 0.4) is 0 Å². The van der Waals surface area contributed by atoms with Crippen LogP contribution < -0.4 is 10.9 Å². The fraction of sp³-hybridized carbons (Fsp3) is 0.182. The minimum absolute atomic E-state index is 0.192. The molecule has 0 radical (unpaired) electrons. The van der Waals surface area contributed by atoms with Gasteiger partial charge in [0.1, 0.15) is 4.70 Å². The number of halogens is 4. The van der Waals surface area contributed by atoms with Crippen molar-refractivity contribution in [2.75, 3.05) is 11.9 Å². The average molecular weight is 464 g/mol. The first-order chi connectivity index (χ1) is 14.7. The molecule has 0 atom stereocenters. The molecule has 0 bridgehead atoms. The third-order valence-electron chi connectivity index (χ3n) is 4.83. The Morgan fingerprint density at radius 2 is 1.77 bits per heavy atom. The normalized spacial score (nSPS) is 11.8. The molecule has 0 aliphatic heterocycles. The number of benzene rings is 2. The molecule has 9 heteroatoms. The molecule has 0 saturated heterocycles. The maximum Gasteiger partial charge on any atom is 0.416 e. The molecule has 0 aliphatic carbocycles. The van der Waals surface area contributed by atoms with Crippen molar-refractivity contribution in [1.29, 1.82) is 0 Å². The Hall–Kier alpha value is -2.84. The van der Waals surface area contributed by atoms with Gasteiger partial charge in [-0.15, -0.1) is 11.3 Å². The average Bonchev–Trinajstić information content (AvgIpc) is 3.10. The third kappa shape index (κ3) is 4.45. The van der Waals surface area contributed by atoms with E-state index < -0.39 is 11.7 Å². The third-order valence-corrected chi connectivity index (χ3v) is 6.16. The van der Waals surface area contributed by atoms with E-state index in [-0.39, 0.29) is 5.56 Å². The van der Waals surface area contributed by atoms with Crippen LogP contribution in [0.1, 0.15) is 16.7 Å². The Kier molecular flexibility index (Phi) is 5.77. The largest absolute Gasteiger partial charge is 0.416 e. The van der Waals surface area contributed by atoms with Crippen LogP contribution in [0, 0.1) is 6.92 Å². The summed E-state index contributed by atoms with van der Waals surface area (Å²) in [4.78, 5) is 17.8. The molecule has 2 aromatic heterocycles. The van der Waals surface area contributed by atoms with Crippen LogP contribution in [0.25, 0.3) is 15.9 Å². The molecule has 0 unspecified atom stereocenters. The molecule has 2 heterocycles. The second-order valence-corrected chi connectivity index (χ2v) is 8.34. The topological polar surface area (TPSA) is 46.9 Å². The SMILES string of the molecule is Cc1csc2c(=O)n(-c3ccc(Cl)cc3)c(NCCc3ccc(C(F)(F)F)cc3)nc12. The van der Waals surface area contributed by atoms with Crippen molar-refractivity contribution in [3.63, 3.8) is 0 Å². The molecule has 4 nitrogen and oxygen atoms in total. The van der Waals surface area contributed by atoms with Crippen LogP contribution in [-0.2, 0) is 12.6 Å². The van der Waals surface area contributed by atoms with Crippen molar-refractivity contribution in [3.05, 3.63) is 86.0 Å². The Labute approximate surface area is 184 Å². The summed E-state index contributed by atoms with van der Waals surface area (Å²) in [6.45, 7) is 2.28. The predicted molar refractivity (Wildman–Crippen MR) is 119 cm³/mol. The van der Waals surface area contributed by atoms with Crippen molar-refractivity contribution in [2.24, 2.45) is 0 Å². The van der Waals surface area contributed by atoms with Crippen molar-refractivity contribution in [1.82, 2.24) is 9.55 Å². The van der Waals surface area contributed by atoms with Crippen LogP contribution >= 0.6 is 22.9 Å². The summed E-state index contributed by atoms with van der Waals surface area (Å²) in [7, 11) is 0. The number of aromatic nitrogens is 2. The lowest BCUT2D eigenvalue weighted by Gasteiger charge is -2.14. The quantitative estimate of drug-likeness (QED) is 0.390. The standard InChI is InChI=1S/C22H17ClF3N3OS/c1-13-12-31-19-18(13)28-21(29(20(19)30)17-8-6-16(23)7-9-17)27-11-10-14-2-4-15(5-3-14)22(24,25)26/h2-9,12H,10-11H2,1H3,(H,27,28). The molecule has 2 aromatic carbocycles. The molecule has 31 heavy (non-hydrogen) atoms. The Morgan fingerprint density at radius 3 is 2.42 bits per heavy atom. The highest BCUT2D eigenvalue weighted by atomic mass is 35.5. The van der Waals surface area contributed by atoms with Gasteiger partial charge in [0.25, 0.3) is 5.56 Å². The second-order valence-electron chi connectivity index (χ2n) is 7.02. The molecular formula is C22H17ClF3N3OS. The number of anilines is 1. The van der Waals surface area contributed by atoms with Gasteiger partial charge in [0.15, 0.2) is 0 Å². The summed E-state index contributed by atoms with van der Waals surface area (Å²) in [6.07, 6.45) is -3.89. The summed E-state index contributed by atoms with van der Waals surface area (Å²) >= 11 is 7.32. The number of nitrogens with zero attached hydrogens (tertiary/aromatic N) is 2. The van der Waals surface area contributed by atoms with Gasteiger partial charge in [0, 0.05) is 11.6 Å². The minimum Gasteiger partial charge on any atom is -0.355 e. The van der Waals surface area contributed by atoms with E-state index in [4.69, 9.17) is 11.6 Å². The Morgan fingerprint density at radius 1 is 1.10 bits per heavy atom. The number of hydrogen-bond donors (Lipinski definition) is 1. The molecule has 0 amide bonds. The summed E-state index contributed by atoms with van der Waals surface area (Å²) in [6, 6.07) is 11.9. The van der Waals surface area contributed by atoms with Crippen molar-refractivity contribution in [3.8, 4) is 5.69 Å². The maximum atomic E-state index is 13.2. The van der Waals surface area contributed by atoms with Gasteiger partial charge in [-0.2, -0.15) is 13.2 Å². The van der Waals surface area contributed by atoms with Crippen molar-refractivity contribution >= 4 is 39.1 Å². The zero-order chi connectivity index (χ0) is 22.2. The van der Waals surface area contributed by atoms with E-state index in [1.807, 2.05) is 12.3 Å². The molecule has 0 saturated carbocycles. The van der Waals surface area contributed by atoms with E-state index in [9.17, 15) is 18.0 Å². The number of thiophene rings is 1. The minimum atomic E-state index is -4.36. The molecule has 0 aliphatic rings. The van der Waals surface area contributed by atoms with Crippen LogP contribution in [0.5, 0.6) is 0 Å². The molecule has 0 fully saturated rings. The van der Waals surface area contributed by atoms with Gasteiger partial charge in [0.05, 0.1) is 16.8 Å². The molecular weight excluding hydrogens is 447 g/mol. The number of alkyl halides is 3. The van der Waals surface area contributed by atoms with Gasteiger partial charge < -0.3 is 5.32 Å². The van der Waals surface area contributed by atoms with Crippen molar-refractivity contribution < 1.29 is 13.2 Å². The van der Waals surface area contributed by atoms with E-state index >= 15 is 0 Å². The molecule has 0 spiro atoms. The zero-order valence-corrected chi connectivity index (χ0v) is 17.9. The Bertz CT molecular complexity index is 1280. The molecule has 4 aromatic rings. The lowest BCUT2D eigenvalue weighted by atomic mass is 10.1. The van der Waals surface area contributed by atoms with E-state index in [0.717, 1.165) is 23.3 Å². The van der Waals surface area contributed by atoms with Crippen molar-refractivity contribution in [2.45, 2.75) is 19.5 Å². The lowest BCUT2D eigenvalue weighted by Crippen LogP contribution is -2.24. The van der Waals surface area contributed by atoms with Gasteiger partial charge in [0.2, 0.25) is 5.95 Å². The lowest BCUT2D eigenvalue weighted by molar-refractivity contribution is -0.137. The van der Waals surface area contributed by atoms with Crippen LogP contribution in [-0.4, -0.2) is 16.1 Å². The van der Waals surface area contributed by atoms with Gasteiger partial charge in [-0.1, -0.05) is 23.7 Å². The molecule has 4 rings (SSSR count). The van der Waals surface area contributed by atoms with E-state index in [2.05, 4.69) is 10.3 Å². The second kappa shape index (κ2) is 8.36. The van der Waals surface area contributed by atoms with Gasteiger partial charge in [-0.3, -0.25) is 4.79 Å². The van der Waals surface area contributed by atoms with Crippen LogP contribution in [0.4, 0.5) is 19.1 Å². The van der Waals surface area contributed by atoms with E-state index in [0.29, 0.717) is 39.8 Å². The summed E-state index contributed by atoms with van der Waals surface area (Å²) < 4.78 is 40.2. The van der Waals surface area contributed by atoms with Gasteiger partial charge >= 0.3 is 6.18 Å². The van der Waals surface area contributed by atoms with E-state index in [1.165, 1.54) is 28.0 Å². The number of nitrogens with one attached hydrogen (secondary N) is 1. The zero-order valence-electron chi connectivity index (χ0n) is 16.3. The Balaban J connectivity index is 1.63. The number of hydrogen-bond acceptors (Lipinski definition) is 4. The summed E-state index contributed by atoms with van der Waals surface area (Å²) in [5, 5.41) is 5.61. The smallest absolute Gasteiger partial charge is 0.355 e. The predicted octanol–water partition coefficient (Wildman–Crippen LogP) is 6.08. The fourth-order valence-corrected chi connectivity index (χ4v) is 4.25. The number of aryl methyl sites for hydroxylation is 1. The highest BCUT2D eigenvalue weighted by molar-refractivity contribution is 7.17. The van der Waals surface area contributed by atoms with Crippen LogP contribution in [0.2, 0.25) is 5.02 Å². The monoisotopic (exact) mass is 463 g/mol. The van der Waals surface area contributed by atoms with Gasteiger partial charge in [-0.05, 0) is 66.2 Å².